The van der Waals surface area contributed by atoms with Crippen LogP contribution in [0.5, 0.6) is 0 Å². The fourth-order valence-electron chi connectivity index (χ4n) is 0.264. The van der Waals surface area contributed by atoms with Gasteiger partial charge >= 0.3 is 0 Å². The van der Waals surface area contributed by atoms with Crippen molar-refractivity contribution in [1.82, 2.24) is 8.75 Å². The fourth-order valence-corrected chi connectivity index (χ4v) is 0.923. The molecule has 0 saturated carbocycles. The number of halogens is 1. The molecule has 44 valence electrons. The van der Waals surface area contributed by atoms with Crippen molar-refractivity contribution in [2.45, 2.75) is 0 Å². The molecule has 0 fully saturated rings. The third kappa shape index (κ3) is 0.885. The Bertz CT molecular complexity index is 174. The smallest absolute Gasteiger partial charge is 0.193 e. The molecule has 8 heavy (non-hydrogen) atoms. The lowest BCUT2D eigenvalue weighted by molar-refractivity contribution is 1.30. The molecule has 0 aliphatic carbocycles. The molecule has 0 radical (unpaired) electrons. The first-order valence-electron chi connectivity index (χ1n) is 1.79. The number of nitrogens with one attached hydrogen (secondary N) is 1. The standard InChI is InChI=1S/C2H3ClN4S/c3-1-2(5-4)7-8-6-1/h4H2,(H,5,7). The van der Waals surface area contributed by atoms with Crippen LogP contribution in [0.2, 0.25) is 5.15 Å². The number of hydrogen-bond acceptors (Lipinski definition) is 5. The van der Waals surface area contributed by atoms with Gasteiger partial charge in [-0.25, -0.2) is 5.84 Å². The minimum Gasteiger partial charge on any atom is -0.305 e. The van der Waals surface area contributed by atoms with Crippen LogP contribution in [-0.2, 0) is 0 Å². The maximum Gasteiger partial charge on any atom is 0.193 e. The summed E-state index contributed by atoms with van der Waals surface area (Å²) in [5, 5.41) is 0.317. The molecule has 1 aromatic rings. The van der Waals surface area contributed by atoms with E-state index in [9.17, 15) is 0 Å². The van der Waals surface area contributed by atoms with E-state index in [0.717, 1.165) is 11.7 Å². The summed E-state index contributed by atoms with van der Waals surface area (Å²) in [5.41, 5.74) is 2.28. The van der Waals surface area contributed by atoms with Crippen molar-refractivity contribution in [3.05, 3.63) is 5.15 Å². The van der Waals surface area contributed by atoms with E-state index in [2.05, 4.69) is 14.2 Å². The van der Waals surface area contributed by atoms with E-state index >= 15 is 0 Å². The lowest BCUT2D eigenvalue weighted by Gasteiger charge is -1.87. The van der Waals surface area contributed by atoms with Gasteiger partial charge in [-0.2, -0.15) is 8.75 Å². The SMILES string of the molecule is NNc1nsnc1Cl. The molecule has 0 bridgehead atoms. The van der Waals surface area contributed by atoms with Crippen molar-refractivity contribution >= 4 is 29.1 Å². The predicted molar refractivity (Wildman–Crippen MR) is 32.7 cm³/mol. The summed E-state index contributed by atoms with van der Waals surface area (Å²) in [6.45, 7) is 0. The van der Waals surface area contributed by atoms with E-state index in [4.69, 9.17) is 17.4 Å². The highest BCUT2D eigenvalue weighted by Crippen LogP contribution is 2.15. The van der Waals surface area contributed by atoms with Crippen LogP contribution in [0, 0.1) is 0 Å². The molecule has 0 unspecified atom stereocenters. The minimum atomic E-state index is 0.317. The Morgan fingerprint density at radius 3 is 2.62 bits per heavy atom. The molecule has 0 spiro atoms. The summed E-state index contributed by atoms with van der Waals surface area (Å²) in [7, 11) is 0. The maximum atomic E-state index is 5.43. The average molecular weight is 151 g/mol. The van der Waals surface area contributed by atoms with Gasteiger partial charge in [0.2, 0.25) is 0 Å². The highest BCUT2D eigenvalue weighted by molar-refractivity contribution is 6.99. The number of nitrogen functional groups attached to an aromatic ring is 1. The van der Waals surface area contributed by atoms with Gasteiger partial charge in [0.05, 0.1) is 11.7 Å². The average Bonchev–Trinajstić information content (AvgIpc) is 2.14. The van der Waals surface area contributed by atoms with E-state index in [1.807, 2.05) is 0 Å². The number of rotatable bonds is 1. The van der Waals surface area contributed by atoms with E-state index in [1.165, 1.54) is 0 Å². The first kappa shape index (κ1) is 5.74. The Morgan fingerprint density at radius 1 is 1.62 bits per heavy atom. The number of aromatic nitrogens is 2. The molecule has 1 heterocycles. The quantitative estimate of drug-likeness (QED) is 0.452. The van der Waals surface area contributed by atoms with Crippen molar-refractivity contribution in [2.75, 3.05) is 5.43 Å². The lowest BCUT2D eigenvalue weighted by atomic mass is 10.8. The molecular weight excluding hydrogens is 148 g/mol. The fraction of sp³-hybridized carbons (Fsp3) is 0. The van der Waals surface area contributed by atoms with Crippen molar-refractivity contribution < 1.29 is 0 Å². The highest BCUT2D eigenvalue weighted by atomic mass is 35.5. The van der Waals surface area contributed by atoms with E-state index in [1.54, 1.807) is 0 Å². The Labute approximate surface area is 55.0 Å². The van der Waals surface area contributed by atoms with Gasteiger partial charge in [-0.05, 0) is 0 Å². The van der Waals surface area contributed by atoms with Crippen LogP contribution < -0.4 is 11.3 Å². The summed E-state index contributed by atoms with van der Waals surface area (Å²) in [6, 6.07) is 0. The topological polar surface area (TPSA) is 63.8 Å². The number of nitrogens with two attached hydrogens (primary N) is 1. The van der Waals surface area contributed by atoms with Crippen molar-refractivity contribution in [3.63, 3.8) is 0 Å². The third-order valence-corrected chi connectivity index (χ3v) is 1.48. The predicted octanol–water partition coefficient (Wildman–Crippen LogP) is 0.477. The first-order chi connectivity index (χ1) is 3.84. The zero-order chi connectivity index (χ0) is 5.98. The van der Waals surface area contributed by atoms with Crippen molar-refractivity contribution in [2.24, 2.45) is 5.84 Å². The second-order valence-corrected chi connectivity index (χ2v) is 1.93. The zero-order valence-corrected chi connectivity index (χ0v) is 5.33. The van der Waals surface area contributed by atoms with E-state index < -0.39 is 0 Å². The molecule has 0 saturated heterocycles. The van der Waals surface area contributed by atoms with Gasteiger partial charge < -0.3 is 5.43 Å². The van der Waals surface area contributed by atoms with Gasteiger partial charge in [-0.3, -0.25) is 0 Å². The molecule has 0 atom stereocenters. The van der Waals surface area contributed by atoms with Gasteiger partial charge in [0.15, 0.2) is 11.0 Å². The van der Waals surface area contributed by atoms with Crippen LogP contribution in [0.15, 0.2) is 0 Å². The normalized spacial score (nSPS) is 9.25. The molecule has 4 nitrogen and oxygen atoms in total. The zero-order valence-electron chi connectivity index (χ0n) is 3.76. The van der Waals surface area contributed by atoms with Gasteiger partial charge in [0.25, 0.3) is 0 Å². The van der Waals surface area contributed by atoms with Crippen LogP contribution in [0.4, 0.5) is 5.82 Å². The van der Waals surface area contributed by atoms with Crippen LogP contribution >= 0.6 is 23.3 Å². The number of hydrogen-bond donors (Lipinski definition) is 2. The summed E-state index contributed by atoms with van der Waals surface area (Å²) in [6.07, 6.45) is 0. The molecule has 0 aliphatic rings. The number of anilines is 1. The van der Waals surface area contributed by atoms with E-state index in [-0.39, 0.29) is 0 Å². The van der Waals surface area contributed by atoms with Crippen LogP contribution in [0.1, 0.15) is 0 Å². The lowest BCUT2D eigenvalue weighted by Crippen LogP contribution is -2.06. The van der Waals surface area contributed by atoms with Crippen LogP contribution in [0.25, 0.3) is 0 Å². The monoisotopic (exact) mass is 150 g/mol. The molecule has 0 amide bonds. The van der Waals surface area contributed by atoms with Crippen LogP contribution in [0.3, 0.4) is 0 Å². The minimum absolute atomic E-state index is 0.317. The molecule has 6 heteroatoms. The summed E-state index contributed by atoms with van der Waals surface area (Å²) >= 11 is 6.45. The van der Waals surface area contributed by atoms with Gasteiger partial charge in [-0.15, -0.1) is 0 Å². The van der Waals surface area contributed by atoms with Crippen molar-refractivity contribution in [1.29, 1.82) is 0 Å². The largest absolute Gasteiger partial charge is 0.305 e. The second kappa shape index (κ2) is 2.25. The van der Waals surface area contributed by atoms with Gasteiger partial charge in [0, 0.05) is 0 Å². The molecular formula is C2H3ClN4S. The molecule has 3 N–H and O–H groups in total. The van der Waals surface area contributed by atoms with Crippen molar-refractivity contribution in [3.8, 4) is 0 Å². The Kier molecular flexibility index (Phi) is 1.62. The number of nitrogens with zero attached hydrogens (tertiary/aromatic N) is 2. The summed E-state index contributed by atoms with van der Waals surface area (Å²) in [5.74, 6) is 5.39. The molecule has 0 aromatic carbocycles. The highest BCUT2D eigenvalue weighted by Gasteiger charge is 1.99. The van der Waals surface area contributed by atoms with Gasteiger partial charge in [-0.1, -0.05) is 11.6 Å². The first-order valence-corrected chi connectivity index (χ1v) is 2.90. The third-order valence-electron chi connectivity index (χ3n) is 0.585. The summed E-state index contributed by atoms with van der Waals surface area (Å²) < 4.78 is 7.34. The number of hydrazine groups is 1. The Balaban J connectivity index is 2.92. The van der Waals surface area contributed by atoms with Crippen LogP contribution in [-0.4, -0.2) is 8.75 Å². The summed E-state index contributed by atoms with van der Waals surface area (Å²) in [4.78, 5) is 0. The van der Waals surface area contributed by atoms with E-state index in [0.29, 0.717) is 11.0 Å². The molecule has 0 aliphatic heterocycles. The molecule has 1 aromatic heterocycles. The Hall–Kier alpha value is -0.390. The van der Waals surface area contributed by atoms with Gasteiger partial charge in [0.1, 0.15) is 0 Å². The maximum absolute atomic E-state index is 5.43. The second-order valence-electron chi connectivity index (χ2n) is 1.05. The Morgan fingerprint density at radius 2 is 2.38 bits per heavy atom. The molecule has 1 rings (SSSR count).